The first kappa shape index (κ1) is 21.8. The molecule has 0 radical (unpaired) electrons. The minimum atomic E-state index is -0.223. The molecule has 1 aromatic heterocycles. The number of rotatable bonds is 8. The van der Waals surface area contributed by atoms with Gasteiger partial charge in [-0.15, -0.1) is 0 Å². The van der Waals surface area contributed by atoms with Crippen LogP contribution in [0, 0.1) is 12.8 Å². The summed E-state index contributed by atoms with van der Waals surface area (Å²) < 4.78 is 11.3. The van der Waals surface area contributed by atoms with Crippen molar-refractivity contribution in [1.29, 1.82) is 0 Å². The molecule has 3 aromatic rings. The first-order valence-corrected chi connectivity index (χ1v) is 11.6. The average Bonchev–Trinajstić information content (AvgIpc) is 3.48. The molecule has 2 heterocycles. The molecule has 1 N–H and O–H groups in total. The van der Waals surface area contributed by atoms with Gasteiger partial charge in [-0.05, 0) is 36.8 Å². The highest BCUT2D eigenvalue weighted by molar-refractivity contribution is 5.77. The fraction of sp³-hybridized carbons (Fsp3) is 0.423. The third kappa shape index (κ3) is 4.84. The van der Waals surface area contributed by atoms with E-state index in [9.17, 15) is 4.79 Å². The second-order valence-electron chi connectivity index (χ2n) is 9.34. The predicted molar refractivity (Wildman–Crippen MR) is 123 cm³/mol. The van der Waals surface area contributed by atoms with Crippen LogP contribution in [0.2, 0.25) is 0 Å². The SMILES string of the molecule is Cc1noc([C@]23C[C@H](NC(=O)COCc4ccccc4)C[C@H]2CN(Cc2ccccc2)C3)n1. The predicted octanol–water partition coefficient (Wildman–Crippen LogP) is 3.24. The number of amides is 1. The van der Waals surface area contributed by atoms with Gasteiger partial charge in [0.2, 0.25) is 11.8 Å². The van der Waals surface area contributed by atoms with Gasteiger partial charge < -0.3 is 14.6 Å². The van der Waals surface area contributed by atoms with Crippen LogP contribution in [0.3, 0.4) is 0 Å². The molecule has 5 rings (SSSR count). The van der Waals surface area contributed by atoms with Gasteiger partial charge in [0.1, 0.15) is 6.61 Å². The molecule has 0 spiro atoms. The van der Waals surface area contributed by atoms with Crippen molar-refractivity contribution in [1.82, 2.24) is 20.4 Å². The lowest BCUT2D eigenvalue weighted by atomic mass is 9.80. The minimum absolute atomic E-state index is 0.0584. The summed E-state index contributed by atoms with van der Waals surface area (Å²) in [5.41, 5.74) is 2.14. The van der Waals surface area contributed by atoms with Crippen molar-refractivity contribution < 1.29 is 14.1 Å². The van der Waals surface area contributed by atoms with Crippen molar-refractivity contribution in [3.8, 4) is 0 Å². The van der Waals surface area contributed by atoms with E-state index < -0.39 is 0 Å². The fourth-order valence-corrected chi connectivity index (χ4v) is 5.48. The number of fused-ring (bicyclic) bond motifs is 1. The van der Waals surface area contributed by atoms with Crippen molar-refractivity contribution in [2.24, 2.45) is 5.92 Å². The normalized spacial score (nSPS) is 24.6. The third-order valence-electron chi connectivity index (χ3n) is 6.86. The Labute approximate surface area is 194 Å². The van der Waals surface area contributed by atoms with Crippen molar-refractivity contribution in [2.75, 3.05) is 19.7 Å². The molecule has 1 saturated carbocycles. The summed E-state index contributed by atoms with van der Waals surface area (Å²) in [5.74, 6) is 1.64. The first-order chi connectivity index (χ1) is 16.1. The number of hydrogen-bond donors (Lipinski definition) is 1. The molecule has 7 nitrogen and oxygen atoms in total. The Kier molecular flexibility index (Phi) is 6.24. The van der Waals surface area contributed by atoms with Crippen LogP contribution < -0.4 is 5.32 Å². The van der Waals surface area contributed by atoms with Crippen molar-refractivity contribution in [3.05, 3.63) is 83.5 Å². The van der Waals surface area contributed by atoms with E-state index in [0.29, 0.717) is 24.2 Å². The Morgan fingerprint density at radius 2 is 1.88 bits per heavy atom. The fourth-order valence-electron chi connectivity index (χ4n) is 5.48. The zero-order valence-electron chi connectivity index (χ0n) is 18.9. The molecule has 0 bridgehead atoms. The smallest absolute Gasteiger partial charge is 0.246 e. The number of likely N-dealkylation sites (tertiary alicyclic amines) is 1. The van der Waals surface area contributed by atoms with Crippen LogP contribution in [0.5, 0.6) is 0 Å². The Bertz CT molecular complexity index is 1070. The second kappa shape index (κ2) is 9.45. The molecule has 1 aliphatic carbocycles. The standard InChI is InChI=1S/C26H30N4O3/c1-19-27-25(33-29-19)26-13-23(28-24(31)17-32-16-21-10-6-3-7-11-21)12-22(26)15-30(18-26)14-20-8-4-2-5-9-20/h2-11,22-23H,12-18H2,1H3,(H,28,31)/t22-,23+,26-/m0/s1. The number of carbonyl (C=O) groups excluding carboxylic acids is 1. The lowest BCUT2D eigenvalue weighted by molar-refractivity contribution is -0.126. The van der Waals surface area contributed by atoms with E-state index in [1.54, 1.807) is 0 Å². The zero-order valence-corrected chi connectivity index (χ0v) is 18.9. The van der Waals surface area contributed by atoms with Crippen LogP contribution in [0.25, 0.3) is 0 Å². The van der Waals surface area contributed by atoms with Gasteiger partial charge in [0.05, 0.1) is 12.0 Å². The summed E-state index contributed by atoms with van der Waals surface area (Å²) in [7, 11) is 0. The number of nitrogens with zero attached hydrogens (tertiary/aromatic N) is 3. The van der Waals surface area contributed by atoms with Gasteiger partial charge >= 0.3 is 0 Å². The summed E-state index contributed by atoms with van der Waals surface area (Å²) in [4.78, 5) is 19.7. The Balaban J connectivity index is 1.22. The van der Waals surface area contributed by atoms with E-state index in [2.05, 4.69) is 44.6 Å². The number of hydrogen-bond acceptors (Lipinski definition) is 6. The van der Waals surface area contributed by atoms with E-state index in [4.69, 9.17) is 9.26 Å². The zero-order chi connectivity index (χ0) is 22.7. The first-order valence-electron chi connectivity index (χ1n) is 11.6. The third-order valence-corrected chi connectivity index (χ3v) is 6.86. The second-order valence-corrected chi connectivity index (χ2v) is 9.34. The molecular formula is C26H30N4O3. The van der Waals surface area contributed by atoms with Gasteiger partial charge in [0, 0.05) is 25.7 Å². The van der Waals surface area contributed by atoms with Crippen molar-refractivity contribution >= 4 is 5.91 Å². The molecule has 2 aliphatic rings. The maximum atomic E-state index is 12.6. The highest BCUT2D eigenvalue weighted by Gasteiger charge is 2.57. The molecule has 1 saturated heterocycles. The summed E-state index contributed by atoms with van der Waals surface area (Å²) in [6.45, 7) is 5.05. The van der Waals surface area contributed by atoms with Crippen LogP contribution in [0.1, 0.15) is 35.7 Å². The number of nitrogens with one attached hydrogen (secondary N) is 1. The molecule has 1 amide bonds. The van der Waals surface area contributed by atoms with Crippen molar-refractivity contribution in [3.63, 3.8) is 0 Å². The van der Waals surface area contributed by atoms with E-state index in [1.807, 2.05) is 43.3 Å². The molecule has 172 valence electrons. The molecule has 0 unspecified atom stereocenters. The molecule has 7 heteroatoms. The van der Waals surface area contributed by atoms with Crippen LogP contribution in [-0.2, 0) is 28.1 Å². The number of carbonyl (C=O) groups is 1. The lowest BCUT2D eigenvalue weighted by Crippen LogP contribution is -2.39. The highest BCUT2D eigenvalue weighted by atomic mass is 16.5. The topological polar surface area (TPSA) is 80.5 Å². The summed E-state index contributed by atoms with van der Waals surface area (Å²) in [6, 6.07) is 20.5. The van der Waals surface area contributed by atoms with E-state index in [1.165, 1.54) is 5.56 Å². The summed E-state index contributed by atoms with van der Waals surface area (Å²) in [5, 5.41) is 7.26. The molecule has 2 aromatic carbocycles. The number of benzene rings is 2. The van der Waals surface area contributed by atoms with Gasteiger partial charge in [0.15, 0.2) is 5.82 Å². The van der Waals surface area contributed by atoms with Gasteiger partial charge in [-0.25, -0.2) is 0 Å². The summed E-state index contributed by atoms with van der Waals surface area (Å²) in [6.07, 6.45) is 1.70. The van der Waals surface area contributed by atoms with Crippen LogP contribution in [0.15, 0.2) is 65.2 Å². The lowest BCUT2D eigenvalue weighted by Gasteiger charge is -2.25. The molecular weight excluding hydrogens is 416 g/mol. The molecule has 2 fully saturated rings. The van der Waals surface area contributed by atoms with Crippen LogP contribution in [0.4, 0.5) is 0 Å². The van der Waals surface area contributed by atoms with Crippen LogP contribution in [-0.4, -0.2) is 46.7 Å². The van der Waals surface area contributed by atoms with E-state index in [-0.39, 0.29) is 24.0 Å². The monoisotopic (exact) mass is 446 g/mol. The minimum Gasteiger partial charge on any atom is -0.367 e. The number of aryl methyl sites for hydroxylation is 1. The molecule has 1 aliphatic heterocycles. The van der Waals surface area contributed by atoms with Gasteiger partial charge in [0.25, 0.3) is 0 Å². The van der Waals surface area contributed by atoms with Crippen molar-refractivity contribution in [2.45, 2.75) is 44.4 Å². The Morgan fingerprint density at radius 1 is 1.15 bits per heavy atom. The van der Waals surface area contributed by atoms with Gasteiger partial charge in [-0.1, -0.05) is 65.8 Å². The average molecular weight is 447 g/mol. The van der Waals surface area contributed by atoms with Crippen LogP contribution >= 0.6 is 0 Å². The quantitative estimate of drug-likeness (QED) is 0.572. The number of ether oxygens (including phenoxy) is 1. The van der Waals surface area contributed by atoms with Gasteiger partial charge in [-0.3, -0.25) is 9.69 Å². The summed E-state index contributed by atoms with van der Waals surface area (Å²) >= 11 is 0. The largest absolute Gasteiger partial charge is 0.367 e. The number of aromatic nitrogens is 2. The molecule has 3 atom stereocenters. The Hall–Kier alpha value is -3.03. The van der Waals surface area contributed by atoms with E-state index in [0.717, 1.165) is 38.0 Å². The highest BCUT2D eigenvalue weighted by Crippen LogP contribution is 2.50. The van der Waals surface area contributed by atoms with E-state index >= 15 is 0 Å². The molecule has 33 heavy (non-hydrogen) atoms. The Morgan fingerprint density at radius 3 is 2.58 bits per heavy atom. The maximum absolute atomic E-state index is 12.6. The van der Waals surface area contributed by atoms with Gasteiger partial charge in [-0.2, -0.15) is 4.98 Å². The maximum Gasteiger partial charge on any atom is 0.246 e.